The zero-order valence-electron chi connectivity index (χ0n) is 17.4. The lowest BCUT2D eigenvalue weighted by molar-refractivity contribution is -0.150. The number of nitrogens with one attached hydrogen (secondary N) is 2. The molecule has 10 nitrogen and oxygen atoms in total. The number of pyridine rings is 1. The summed E-state index contributed by atoms with van der Waals surface area (Å²) in [5.41, 5.74) is 8.83. The fourth-order valence-electron chi connectivity index (χ4n) is 4.14. The van der Waals surface area contributed by atoms with Gasteiger partial charge in [-0.1, -0.05) is 6.07 Å². The third-order valence-corrected chi connectivity index (χ3v) is 5.78. The van der Waals surface area contributed by atoms with E-state index in [0.29, 0.717) is 34.7 Å². The molecule has 5 N–H and O–H groups in total. The maximum Gasteiger partial charge on any atom is 0.259 e. The van der Waals surface area contributed by atoms with Crippen LogP contribution in [0.3, 0.4) is 0 Å². The zero-order chi connectivity index (χ0) is 23.1. The lowest BCUT2D eigenvalue weighted by Gasteiger charge is -2.34. The number of aromatic amines is 1. The average Bonchev–Trinajstić information content (AvgIpc) is 3.18. The number of carbonyl (C=O) groups is 2. The van der Waals surface area contributed by atoms with E-state index in [4.69, 9.17) is 10.5 Å². The van der Waals surface area contributed by atoms with Gasteiger partial charge in [-0.2, -0.15) is 0 Å². The van der Waals surface area contributed by atoms with Crippen LogP contribution in [0.4, 0.5) is 11.4 Å². The van der Waals surface area contributed by atoms with Crippen LogP contribution in [-0.2, 0) is 20.9 Å². The second-order valence-electron chi connectivity index (χ2n) is 7.85. The molecule has 0 bridgehead atoms. The number of rotatable bonds is 4. The van der Waals surface area contributed by atoms with Crippen LogP contribution in [0, 0.1) is 0 Å². The molecule has 0 spiro atoms. The van der Waals surface area contributed by atoms with Gasteiger partial charge in [0.1, 0.15) is 5.84 Å². The van der Waals surface area contributed by atoms with Crippen molar-refractivity contribution < 1.29 is 19.4 Å². The van der Waals surface area contributed by atoms with E-state index in [9.17, 15) is 19.5 Å². The van der Waals surface area contributed by atoms with Crippen molar-refractivity contribution in [2.45, 2.75) is 18.8 Å². The van der Waals surface area contributed by atoms with Crippen molar-refractivity contribution >= 4 is 39.9 Å². The van der Waals surface area contributed by atoms with Crippen LogP contribution in [0.5, 0.6) is 0 Å². The molecule has 2 atom stereocenters. The number of amides is 2. The van der Waals surface area contributed by atoms with Gasteiger partial charge in [-0.15, -0.1) is 0 Å². The minimum Gasteiger partial charge on any atom is -0.383 e. The second kappa shape index (κ2) is 8.15. The van der Waals surface area contributed by atoms with E-state index in [2.05, 4.69) is 15.3 Å². The molecule has 0 saturated carbocycles. The molecule has 2 aromatic carbocycles. The third-order valence-electron chi connectivity index (χ3n) is 5.78. The molecular weight excluding hydrogens is 426 g/mol. The number of nitrogens with two attached hydrogens (primary N) is 1. The Hall–Kier alpha value is -4.02. The molecule has 2 amide bonds. The zero-order valence-corrected chi connectivity index (χ0v) is 17.4. The Balaban J connectivity index is 1.35. The number of amidine groups is 1. The number of ether oxygens (including phenoxy) is 1. The fourth-order valence-corrected chi connectivity index (χ4v) is 4.14. The Morgan fingerprint density at radius 1 is 1.24 bits per heavy atom. The SMILES string of the molecule is NC1=NCc2cc(NC(=O)[C@H](O)[C@H]3OCCN(c4cccc5[nH]c(=O)ccc45)C3=O)ccc21. The summed E-state index contributed by atoms with van der Waals surface area (Å²) in [6.07, 6.45) is -3.09. The Labute approximate surface area is 187 Å². The number of aliphatic hydroxyl groups is 1. The summed E-state index contributed by atoms with van der Waals surface area (Å²) in [5.74, 6) is -0.858. The van der Waals surface area contributed by atoms with Crippen LogP contribution in [-0.4, -0.2) is 53.1 Å². The monoisotopic (exact) mass is 447 g/mol. The first kappa shape index (κ1) is 20.9. The molecule has 3 heterocycles. The number of aromatic nitrogens is 1. The van der Waals surface area contributed by atoms with E-state index in [0.717, 1.165) is 11.1 Å². The molecule has 2 aliphatic heterocycles. The molecular formula is C23H21N5O5. The van der Waals surface area contributed by atoms with Crippen molar-refractivity contribution in [2.24, 2.45) is 10.7 Å². The van der Waals surface area contributed by atoms with Crippen LogP contribution in [0.1, 0.15) is 11.1 Å². The number of anilines is 2. The number of hydrogen-bond donors (Lipinski definition) is 4. The predicted octanol–water partition coefficient (Wildman–Crippen LogP) is 0.478. The molecule has 1 fully saturated rings. The topological polar surface area (TPSA) is 150 Å². The van der Waals surface area contributed by atoms with E-state index in [1.165, 1.54) is 11.0 Å². The maximum atomic E-state index is 13.2. The standard InChI is InChI=1S/C23H21N5O5/c24-21-14-5-4-13(10-12(14)11-25-21)26-22(31)19(30)20-23(32)28(8-9-33-20)17-3-1-2-16-15(17)6-7-18(29)27-16/h1-7,10,19-20,30H,8-9,11H2,(H2,24,25)(H,26,31)(H,27,29)/t19-,20-/m1/s1. The molecule has 0 radical (unpaired) electrons. The van der Waals surface area contributed by atoms with Crippen LogP contribution in [0.2, 0.25) is 0 Å². The minimum atomic E-state index is -1.72. The number of aliphatic imine (C=N–C) groups is 1. The van der Waals surface area contributed by atoms with Crippen molar-refractivity contribution in [3.05, 3.63) is 70.0 Å². The number of morpholine rings is 1. The van der Waals surface area contributed by atoms with E-state index in [1.54, 1.807) is 42.5 Å². The highest BCUT2D eigenvalue weighted by Gasteiger charge is 2.39. The number of benzene rings is 2. The Morgan fingerprint density at radius 2 is 2.09 bits per heavy atom. The number of H-pyrrole nitrogens is 1. The van der Waals surface area contributed by atoms with Gasteiger partial charge in [0.05, 0.1) is 24.4 Å². The van der Waals surface area contributed by atoms with Crippen LogP contribution >= 0.6 is 0 Å². The second-order valence-corrected chi connectivity index (χ2v) is 7.85. The van der Waals surface area contributed by atoms with Crippen LogP contribution < -0.4 is 21.5 Å². The van der Waals surface area contributed by atoms with Gasteiger partial charge >= 0.3 is 0 Å². The number of fused-ring (bicyclic) bond motifs is 2. The number of hydrogen-bond acceptors (Lipinski definition) is 7. The van der Waals surface area contributed by atoms with E-state index in [-0.39, 0.29) is 18.7 Å². The van der Waals surface area contributed by atoms with Crippen LogP contribution in [0.25, 0.3) is 10.9 Å². The molecule has 5 rings (SSSR count). The third kappa shape index (κ3) is 3.75. The molecule has 0 unspecified atom stereocenters. The number of carbonyl (C=O) groups excluding carboxylic acids is 2. The first-order valence-corrected chi connectivity index (χ1v) is 10.4. The molecule has 10 heteroatoms. The summed E-state index contributed by atoms with van der Waals surface area (Å²) in [5, 5.41) is 13.9. The molecule has 3 aromatic rings. The van der Waals surface area contributed by atoms with E-state index >= 15 is 0 Å². The Morgan fingerprint density at radius 3 is 2.94 bits per heavy atom. The van der Waals surface area contributed by atoms with Gasteiger partial charge in [0.2, 0.25) is 5.56 Å². The fraction of sp³-hybridized carbons (Fsp3) is 0.217. The van der Waals surface area contributed by atoms with Crippen LogP contribution in [0.15, 0.2) is 58.3 Å². The molecule has 1 saturated heterocycles. The molecule has 33 heavy (non-hydrogen) atoms. The van der Waals surface area contributed by atoms with Gasteiger partial charge < -0.3 is 30.8 Å². The summed E-state index contributed by atoms with van der Waals surface area (Å²) in [6.45, 7) is 0.799. The minimum absolute atomic E-state index is 0.135. The summed E-state index contributed by atoms with van der Waals surface area (Å²) >= 11 is 0. The number of aliphatic hydroxyl groups excluding tert-OH is 1. The van der Waals surface area contributed by atoms with Gasteiger partial charge in [0.25, 0.3) is 11.8 Å². The van der Waals surface area contributed by atoms with Crippen molar-refractivity contribution in [1.29, 1.82) is 0 Å². The smallest absolute Gasteiger partial charge is 0.259 e. The summed E-state index contributed by atoms with van der Waals surface area (Å²) in [4.78, 5) is 45.9. The largest absolute Gasteiger partial charge is 0.383 e. The summed E-state index contributed by atoms with van der Waals surface area (Å²) < 4.78 is 5.49. The Bertz CT molecular complexity index is 1360. The van der Waals surface area contributed by atoms with Crippen molar-refractivity contribution in [3.8, 4) is 0 Å². The Kier molecular flexibility index (Phi) is 5.15. The van der Waals surface area contributed by atoms with Gasteiger partial charge in [-0.05, 0) is 42.0 Å². The maximum absolute atomic E-state index is 13.2. The normalized spacial score (nSPS) is 18.7. The predicted molar refractivity (Wildman–Crippen MR) is 122 cm³/mol. The van der Waals surface area contributed by atoms with Crippen molar-refractivity contribution in [1.82, 2.24) is 4.98 Å². The molecule has 0 aliphatic carbocycles. The summed E-state index contributed by atoms with van der Waals surface area (Å²) in [7, 11) is 0. The van der Waals surface area contributed by atoms with E-state index < -0.39 is 24.0 Å². The average molecular weight is 447 g/mol. The van der Waals surface area contributed by atoms with Gasteiger partial charge in [-0.3, -0.25) is 19.4 Å². The number of nitrogens with zero attached hydrogens (tertiary/aromatic N) is 2. The molecule has 2 aliphatic rings. The van der Waals surface area contributed by atoms with Crippen molar-refractivity contribution in [3.63, 3.8) is 0 Å². The highest BCUT2D eigenvalue weighted by molar-refractivity contribution is 6.08. The highest BCUT2D eigenvalue weighted by atomic mass is 16.5. The first-order chi connectivity index (χ1) is 15.9. The van der Waals surface area contributed by atoms with Gasteiger partial charge in [0, 0.05) is 29.2 Å². The van der Waals surface area contributed by atoms with Gasteiger partial charge in [0.15, 0.2) is 12.2 Å². The lowest BCUT2D eigenvalue weighted by Crippen LogP contribution is -2.55. The molecule has 168 valence electrons. The van der Waals surface area contributed by atoms with Crippen molar-refractivity contribution in [2.75, 3.05) is 23.4 Å². The summed E-state index contributed by atoms with van der Waals surface area (Å²) in [6, 6.07) is 13.4. The lowest BCUT2D eigenvalue weighted by atomic mass is 10.1. The quantitative estimate of drug-likeness (QED) is 0.457. The molecule has 1 aromatic heterocycles. The highest BCUT2D eigenvalue weighted by Crippen LogP contribution is 2.28. The first-order valence-electron chi connectivity index (χ1n) is 10.4. The van der Waals surface area contributed by atoms with Gasteiger partial charge in [-0.25, -0.2) is 0 Å². The van der Waals surface area contributed by atoms with E-state index in [1.807, 2.05) is 0 Å².